The number of nitrogens with zero attached hydrogens (tertiary/aromatic N) is 2. The largest absolute Gasteiger partial charge is 0.347 e. The average Bonchev–Trinajstić information content (AvgIpc) is 2.52. The highest BCUT2D eigenvalue weighted by Gasteiger charge is 2.35. The van der Waals surface area contributed by atoms with Crippen LogP contribution in [0.3, 0.4) is 0 Å². The molecular weight excluding hydrogens is 306 g/mol. The van der Waals surface area contributed by atoms with E-state index in [1.807, 2.05) is 25.1 Å². The molecule has 6 heteroatoms. The van der Waals surface area contributed by atoms with E-state index in [4.69, 9.17) is 0 Å². The lowest BCUT2D eigenvalue weighted by molar-refractivity contribution is -0.145. The van der Waals surface area contributed by atoms with Crippen LogP contribution in [0.15, 0.2) is 18.2 Å². The molecule has 1 aliphatic heterocycles. The summed E-state index contributed by atoms with van der Waals surface area (Å²) in [6.45, 7) is 3.81. The summed E-state index contributed by atoms with van der Waals surface area (Å²) in [6.07, 6.45) is 1.68. The summed E-state index contributed by atoms with van der Waals surface area (Å²) in [5, 5.41) is 2.76. The quantitative estimate of drug-likeness (QED) is 0.914. The summed E-state index contributed by atoms with van der Waals surface area (Å²) in [5.74, 6) is -0.199. The van der Waals surface area contributed by atoms with Crippen molar-refractivity contribution in [2.75, 3.05) is 19.4 Å². The standard InChI is InChI=1S/C18H25N3O3/c1-5-6-17(23)21-11-14-9-15(19-12(2)22)8-7-13(14)10-16(21)18(24)20(3)4/h7-9,16H,5-6,10-11H2,1-4H3,(H,19,22)/t16-/m1/s1. The first-order chi connectivity index (χ1) is 11.3. The molecule has 0 unspecified atom stereocenters. The highest BCUT2D eigenvalue weighted by molar-refractivity contribution is 5.90. The second-order valence-electron chi connectivity index (χ2n) is 6.39. The normalized spacial score (nSPS) is 16.3. The van der Waals surface area contributed by atoms with E-state index in [0.29, 0.717) is 25.1 Å². The molecule has 0 aliphatic carbocycles. The number of anilines is 1. The van der Waals surface area contributed by atoms with E-state index in [1.165, 1.54) is 11.8 Å². The maximum atomic E-state index is 12.5. The van der Waals surface area contributed by atoms with Crippen LogP contribution in [0.25, 0.3) is 0 Å². The maximum Gasteiger partial charge on any atom is 0.245 e. The molecule has 1 aromatic carbocycles. The first-order valence-electron chi connectivity index (χ1n) is 8.23. The Labute approximate surface area is 142 Å². The van der Waals surface area contributed by atoms with E-state index >= 15 is 0 Å². The number of hydrogen-bond acceptors (Lipinski definition) is 3. The van der Waals surface area contributed by atoms with Crippen molar-refractivity contribution in [1.82, 2.24) is 9.80 Å². The van der Waals surface area contributed by atoms with Crippen molar-refractivity contribution in [3.05, 3.63) is 29.3 Å². The lowest BCUT2D eigenvalue weighted by Gasteiger charge is -2.37. The molecule has 0 spiro atoms. The maximum absolute atomic E-state index is 12.5. The highest BCUT2D eigenvalue weighted by atomic mass is 16.2. The van der Waals surface area contributed by atoms with Gasteiger partial charge in [0, 0.05) is 46.1 Å². The lowest BCUT2D eigenvalue weighted by atomic mass is 9.92. The van der Waals surface area contributed by atoms with Crippen LogP contribution in [0.2, 0.25) is 0 Å². The zero-order chi connectivity index (χ0) is 17.9. The van der Waals surface area contributed by atoms with Crippen molar-refractivity contribution in [3.8, 4) is 0 Å². The van der Waals surface area contributed by atoms with Gasteiger partial charge in [0.25, 0.3) is 0 Å². The molecule has 0 aromatic heterocycles. The zero-order valence-corrected chi connectivity index (χ0v) is 14.8. The summed E-state index contributed by atoms with van der Waals surface area (Å²) in [5.41, 5.74) is 2.74. The van der Waals surface area contributed by atoms with Gasteiger partial charge in [-0.3, -0.25) is 14.4 Å². The number of amides is 3. The first-order valence-corrected chi connectivity index (χ1v) is 8.23. The van der Waals surface area contributed by atoms with Crippen LogP contribution in [-0.4, -0.2) is 47.7 Å². The first kappa shape index (κ1) is 18.0. The van der Waals surface area contributed by atoms with Gasteiger partial charge in [0.15, 0.2) is 0 Å². The Bertz CT molecular complexity index is 655. The molecule has 6 nitrogen and oxygen atoms in total. The number of benzene rings is 1. The van der Waals surface area contributed by atoms with Crippen LogP contribution in [-0.2, 0) is 27.3 Å². The van der Waals surface area contributed by atoms with Gasteiger partial charge in [0.1, 0.15) is 6.04 Å². The van der Waals surface area contributed by atoms with Crippen LogP contribution >= 0.6 is 0 Å². The lowest BCUT2D eigenvalue weighted by Crippen LogP contribution is -2.52. The van der Waals surface area contributed by atoms with Crippen molar-refractivity contribution < 1.29 is 14.4 Å². The fourth-order valence-corrected chi connectivity index (χ4v) is 3.00. The molecule has 130 valence electrons. The Morgan fingerprint density at radius 1 is 1.25 bits per heavy atom. The van der Waals surface area contributed by atoms with Crippen LogP contribution in [0.1, 0.15) is 37.8 Å². The Morgan fingerprint density at radius 2 is 1.96 bits per heavy atom. The Morgan fingerprint density at radius 3 is 2.54 bits per heavy atom. The van der Waals surface area contributed by atoms with Gasteiger partial charge in [-0.2, -0.15) is 0 Å². The minimum atomic E-state index is -0.460. The van der Waals surface area contributed by atoms with Gasteiger partial charge >= 0.3 is 0 Å². The number of likely N-dealkylation sites (N-methyl/N-ethyl adjacent to an activating group) is 1. The summed E-state index contributed by atoms with van der Waals surface area (Å²) >= 11 is 0. The Hall–Kier alpha value is -2.37. The molecule has 0 radical (unpaired) electrons. The number of carbonyl (C=O) groups is 3. The summed E-state index contributed by atoms with van der Waals surface area (Å²) < 4.78 is 0. The fourth-order valence-electron chi connectivity index (χ4n) is 3.00. The second kappa shape index (κ2) is 7.47. The Kier molecular flexibility index (Phi) is 5.59. The summed E-state index contributed by atoms with van der Waals surface area (Å²) in [6, 6.07) is 5.19. The molecule has 1 atom stereocenters. The molecule has 3 amide bonds. The van der Waals surface area contributed by atoms with Crippen LogP contribution in [0.4, 0.5) is 5.69 Å². The van der Waals surface area contributed by atoms with Gasteiger partial charge in [0.05, 0.1) is 0 Å². The van der Waals surface area contributed by atoms with E-state index in [-0.39, 0.29) is 17.7 Å². The van der Waals surface area contributed by atoms with Gasteiger partial charge in [0.2, 0.25) is 17.7 Å². The van der Waals surface area contributed by atoms with Gasteiger partial charge in [-0.1, -0.05) is 13.0 Å². The summed E-state index contributed by atoms with van der Waals surface area (Å²) in [4.78, 5) is 39.4. The highest BCUT2D eigenvalue weighted by Crippen LogP contribution is 2.27. The van der Waals surface area contributed by atoms with Gasteiger partial charge in [-0.15, -0.1) is 0 Å². The van der Waals surface area contributed by atoms with Crippen molar-refractivity contribution in [2.24, 2.45) is 0 Å². The van der Waals surface area contributed by atoms with E-state index in [2.05, 4.69) is 5.32 Å². The van der Waals surface area contributed by atoms with E-state index < -0.39 is 6.04 Å². The number of nitrogens with one attached hydrogen (secondary N) is 1. The topological polar surface area (TPSA) is 69.7 Å². The molecule has 1 N–H and O–H groups in total. The number of carbonyl (C=O) groups excluding carboxylic acids is 3. The molecule has 1 heterocycles. The second-order valence-corrected chi connectivity index (χ2v) is 6.39. The SMILES string of the molecule is CCCC(=O)N1Cc2cc(NC(C)=O)ccc2C[C@@H]1C(=O)N(C)C. The Balaban J connectivity index is 2.34. The van der Waals surface area contributed by atoms with Crippen molar-refractivity contribution >= 4 is 23.4 Å². The predicted octanol–water partition coefficient (Wildman–Crippen LogP) is 1.79. The van der Waals surface area contributed by atoms with Crippen LogP contribution in [0, 0.1) is 0 Å². The fraction of sp³-hybridized carbons (Fsp3) is 0.500. The van der Waals surface area contributed by atoms with Gasteiger partial charge in [-0.05, 0) is 29.7 Å². The molecule has 24 heavy (non-hydrogen) atoms. The zero-order valence-electron chi connectivity index (χ0n) is 14.8. The number of fused-ring (bicyclic) bond motifs is 1. The molecular formula is C18H25N3O3. The third kappa shape index (κ3) is 3.93. The third-order valence-electron chi connectivity index (χ3n) is 4.17. The van der Waals surface area contributed by atoms with Crippen LogP contribution in [0.5, 0.6) is 0 Å². The van der Waals surface area contributed by atoms with Crippen molar-refractivity contribution in [2.45, 2.75) is 45.7 Å². The van der Waals surface area contributed by atoms with Crippen LogP contribution < -0.4 is 5.32 Å². The predicted molar refractivity (Wildman–Crippen MR) is 92.4 cm³/mol. The van der Waals surface area contributed by atoms with Crippen molar-refractivity contribution in [1.29, 1.82) is 0 Å². The van der Waals surface area contributed by atoms with E-state index in [1.54, 1.807) is 19.0 Å². The third-order valence-corrected chi connectivity index (χ3v) is 4.17. The number of rotatable bonds is 4. The average molecular weight is 331 g/mol. The van der Waals surface area contributed by atoms with Gasteiger partial charge < -0.3 is 15.1 Å². The van der Waals surface area contributed by atoms with E-state index in [0.717, 1.165) is 17.5 Å². The smallest absolute Gasteiger partial charge is 0.245 e. The molecule has 0 saturated heterocycles. The molecule has 0 saturated carbocycles. The monoisotopic (exact) mass is 331 g/mol. The molecule has 1 aromatic rings. The molecule has 1 aliphatic rings. The molecule has 0 fully saturated rings. The minimum absolute atomic E-state index is 0.00622. The molecule has 0 bridgehead atoms. The minimum Gasteiger partial charge on any atom is -0.347 e. The number of hydrogen-bond donors (Lipinski definition) is 1. The van der Waals surface area contributed by atoms with E-state index in [9.17, 15) is 14.4 Å². The summed E-state index contributed by atoms with van der Waals surface area (Å²) in [7, 11) is 3.42. The van der Waals surface area contributed by atoms with Gasteiger partial charge in [-0.25, -0.2) is 0 Å². The molecule has 2 rings (SSSR count). The van der Waals surface area contributed by atoms with Crippen molar-refractivity contribution in [3.63, 3.8) is 0 Å².